The van der Waals surface area contributed by atoms with E-state index in [1.165, 1.54) is 5.56 Å². The summed E-state index contributed by atoms with van der Waals surface area (Å²) in [5.74, 6) is 0. The van der Waals surface area contributed by atoms with E-state index in [1.54, 1.807) is 0 Å². The molecule has 3 nitrogen and oxygen atoms in total. The Balaban J connectivity index is 2.32. The third-order valence-corrected chi connectivity index (χ3v) is 2.83. The maximum Gasteiger partial charge on any atom is 0.131 e. The fourth-order valence-electron chi connectivity index (χ4n) is 1.47. The summed E-state index contributed by atoms with van der Waals surface area (Å²) in [5.41, 5.74) is 7.86. The fraction of sp³-hybridized carbons (Fsp3) is 0.300. The Kier molecular flexibility index (Phi) is 2.84. The Hall–Kier alpha value is -0.870. The van der Waals surface area contributed by atoms with Crippen molar-refractivity contribution in [1.82, 2.24) is 9.38 Å². The molecule has 0 saturated heterocycles. The molecule has 0 atom stereocenters. The van der Waals surface area contributed by atoms with E-state index in [0.717, 1.165) is 29.5 Å². The fourth-order valence-corrected chi connectivity index (χ4v) is 1.90. The van der Waals surface area contributed by atoms with Gasteiger partial charge in [-0.1, -0.05) is 6.07 Å². The van der Waals surface area contributed by atoms with Crippen LogP contribution in [0.3, 0.4) is 0 Å². The lowest BCUT2D eigenvalue weighted by Crippen LogP contribution is -2.00. The van der Waals surface area contributed by atoms with E-state index in [2.05, 4.69) is 39.2 Å². The topological polar surface area (TPSA) is 43.3 Å². The molecule has 0 unspecified atom stereocenters. The van der Waals surface area contributed by atoms with Gasteiger partial charge in [-0.05, 0) is 46.9 Å². The minimum Gasteiger partial charge on any atom is -0.330 e. The van der Waals surface area contributed by atoms with Gasteiger partial charge >= 0.3 is 0 Å². The number of rotatable bonds is 3. The van der Waals surface area contributed by atoms with Crippen LogP contribution >= 0.6 is 15.9 Å². The van der Waals surface area contributed by atoms with E-state index in [4.69, 9.17) is 5.73 Å². The predicted molar refractivity (Wildman–Crippen MR) is 60.3 cm³/mol. The van der Waals surface area contributed by atoms with Crippen molar-refractivity contribution in [2.24, 2.45) is 5.73 Å². The number of pyridine rings is 1. The van der Waals surface area contributed by atoms with Gasteiger partial charge in [0.25, 0.3) is 0 Å². The molecule has 4 heteroatoms. The van der Waals surface area contributed by atoms with Crippen LogP contribution in [-0.2, 0) is 6.42 Å². The van der Waals surface area contributed by atoms with Crippen LogP contribution in [0.4, 0.5) is 0 Å². The van der Waals surface area contributed by atoms with Gasteiger partial charge in [0.2, 0.25) is 0 Å². The van der Waals surface area contributed by atoms with E-state index in [-0.39, 0.29) is 0 Å². The molecule has 0 amide bonds. The van der Waals surface area contributed by atoms with Crippen molar-refractivity contribution in [2.75, 3.05) is 6.54 Å². The standard InChI is InChI=1S/C10H12BrN3/c11-10-9-4-3-8(2-1-5-12)6-14(9)7-13-10/h3-4,6-7H,1-2,5,12H2. The van der Waals surface area contributed by atoms with Gasteiger partial charge in [0, 0.05) is 6.20 Å². The van der Waals surface area contributed by atoms with E-state index >= 15 is 0 Å². The molecule has 2 N–H and O–H groups in total. The second kappa shape index (κ2) is 4.11. The van der Waals surface area contributed by atoms with Crippen molar-refractivity contribution in [3.8, 4) is 0 Å². The summed E-state index contributed by atoms with van der Waals surface area (Å²) >= 11 is 3.39. The highest BCUT2D eigenvalue weighted by Gasteiger charge is 2.00. The van der Waals surface area contributed by atoms with Crippen LogP contribution in [0.1, 0.15) is 12.0 Å². The third kappa shape index (κ3) is 1.81. The van der Waals surface area contributed by atoms with Crippen molar-refractivity contribution in [3.63, 3.8) is 0 Å². The summed E-state index contributed by atoms with van der Waals surface area (Å²) in [6, 6.07) is 4.19. The molecule has 0 spiro atoms. The SMILES string of the molecule is NCCCc1ccc2c(Br)ncn2c1. The number of hydrogen-bond donors (Lipinski definition) is 1. The minimum atomic E-state index is 0.742. The highest BCUT2D eigenvalue weighted by Crippen LogP contribution is 2.16. The number of fused-ring (bicyclic) bond motifs is 1. The van der Waals surface area contributed by atoms with Gasteiger partial charge in [-0.2, -0.15) is 0 Å². The summed E-state index contributed by atoms with van der Waals surface area (Å²) in [5, 5.41) is 0. The monoisotopic (exact) mass is 253 g/mol. The van der Waals surface area contributed by atoms with Gasteiger partial charge in [-0.3, -0.25) is 0 Å². The maximum atomic E-state index is 5.47. The van der Waals surface area contributed by atoms with Crippen molar-refractivity contribution < 1.29 is 0 Å². The summed E-state index contributed by atoms with van der Waals surface area (Å²) in [6.07, 6.45) is 5.97. The van der Waals surface area contributed by atoms with Crippen molar-refractivity contribution in [1.29, 1.82) is 0 Å². The molecule has 74 valence electrons. The number of nitrogens with zero attached hydrogens (tertiary/aromatic N) is 2. The average Bonchev–Trinajstić information content (AvgIpc) is 2.57. The normalized spacial score (nSPS) is 11.0. The van der Waals surface area contributed by atoms with Gasteiger partial charge in [0.1, 0.15) is 10.9 Å². The number of aryl methyl sites for hydroxylation is 1. The third-order valence-electron chi connectivity index (χ3n) is 2.21. The molecule has 0 aliphatic heterocycles. The maximum absolute atomic E-state index is 5.47. The van der Waals surface area contributed by atoms with Gasteiger partial charge in [-0.15, -0.1) is 0 Å². The first-order chi connectivity index (χ1) is 6.81. The largest absolute Gasteiger partial charge is 0.330 e. The number of halogens is 1. The molecule has 2 aromatic heterocycles. The Morgan fingerprint density at radius 2 is 2.29 bits per heavy atom. The van der Waals surface area contributed by atoms with Crippen LogP contribution in [-0.4, -0.2) is 15.9 Å². The number of nitrogens with two attached hydrogens (primary N) is 1. The van der Waals surface area contributed by atoms with E-state index in [9.17, 15) is 0 Å². The van der Waals surface area contributed by atoms with Gasteiger partial charge in [-0.25, -0.2) is 4.98 Å². The van der Waals surface area contributed by atoms with Crippen LogP contribution in [0.25, 0.3) is 5.52 Å². The molecular formula is C10H12BrN3. The van der Waals surface area contributed by atoms with Gasteiger partial charge in [0.05, 0.1) is 5.52 Å². The second-order valence-electron chi connectivity index (χ2n) is 3.26. The molecular weight excluding hydrogens is 242 g/mol. The van der Waals surface area contributed by atoms with Crippen molar-refractivity contribution in [3.05, 3.63) is 34.8 Å². The molecule has 0 fully saturated rings. The Bertz CT molecular complexity index is 436. The summed E-state index contributed by atoms with van der Waals surface area (Å²) < 4.78 is 2.92. The molecule has 0 bridgehead atoms. The predicted octanol–water partition coefficient (Wildman–Crippen LogP) is 1.99. The zero-order valence-electron chi connectivity index (χ0n) is 7.78. The first-order valence-corrected chi connectivity index (χ1v) is 5.41. The van der Waals surface area contributed by atoms with Crippen LogP contribution in [0.2, 0.25) is 0 Å². The highest BCUT2D eigenvalue weighted by molar-refractivity contribution is 9.10. The molecule has 0 aliphatic rings. The number of hydrogen-bond acceptors (Lipinski definition) is 2. The van der Waals surface area contributed by atoms with Crippen LogP contribution in [0, 0.1) is 0 Å². The summed E-state index contributed by atoms with van der Waals surface area (Å²) in [6.45, 7) is 0.742. The molecule has 0 aliphatic carbocycles. The smallest absolute Gasteiger partial charge is 0.131 e. The number of aromatic nitrogens is 2. The zero-order chi connectivity index (χ0) is 9.97. The molecule has 2 rings (SSSR count). The molecule has 0 saturated carbocycles. The molecule has 0 aromatic carbocycles. The van der Waals surface area contributed by atoms with E-state index in [1.807, 2.05) is 10.7 Å². The summed E-state index contributed by atoms with van der Waals surface area (Å²) in [4.78, 5) is 4.17. The lowest BCUT2D eigenvalue weighted by Gasteiger charge is -2.01. The zero-order valence-corrected chi connectivity index (χ0v) is 9.37. The van der Waals surface area contributed by atoms with Crippen molar-refractivity contribution in [2.45, 2.75) is 12.8 Å². The van der Waals surface area contributed by atoms with Crippen LogP contribution in [0.5, 0.6) is 0 Å². The first kappa shape index (κ1) is 9.68. The minimum absolute atomic E-state index is 0.742. The molecule has 0 radical (unpaired) electrons. The number of imidazole rings is 1. The quantitative estimate of drug-likeness (QED) is 0.910. The molecule has 2 heterocycles. The van der Waals surface area contributed by atoms with E-state index < -0.39 is 0 Å². The average molecular weight is 254 g/mol. The molecule has 14 heavy (non-hydrogen) atoms. The van der Waals surface area contributed by atoms with Crippen LogP contribution in [0.15, 0.2) is 29.3 Å². The van der Waals surface area contributed by atoms with E-state index in [0.29, 0.717) is 0 Å². The lowest BCUT2D eigenvalue weighted by atomic mass is 10.1. The Morgan fingerprint density at radius 1 is 1.43 bits per heavy atom. The van der Waals surface area contributed by atoms with Gasteiger partial charge < -0.3 is 10.1 Å². The second-order valence-corrected chi connectivity index (χ2v) is 4.01. The Labute approximate surface area is 91.1 Å². The van der Waals surface area contributed by atoms with Crippen molar-refractivity contribution >= 4 is 21.4 Å². The summed E-state index contributed by atoms with van der Waals surface area (Å²) in [7, 11) is 0. The first-order valence-electron chi connectivity index (χ1n) is 4.62. The molecule has 2 aromatic rings. The highest BCUT2D eigenvalue weighted by atomic mass is 79.9. The lowest BCUT2D eigenvalue weighted by molar-refractivity contribution is 0.827. The Morgan fingerprint density at radius 3 is 3.07 bits per heavy atom. The van der Waals surface area contributed by atoms with Crippen LogP contribution < -0.4 is 5.73 Å². The van der Waals surface area contributed by atoms with Gasteiger partial charge in [0.15, 0.2) is 0 Å².